The average molecular weight is 384 g/mol. The molecule has 3 aromatic rings. The van der Waals surface area contributed by atoms with Crippen LogP contribution in [0, 0.1) is 12.8 Å². The summed E-state index contributed by atoms with van der Waals surface area (Å²) < 4.78 is 1.33. The van der Waals surface area contributed by atoms with Crippen molar-refractivity contribution in [2.45, 2.75) is 26.3 Å². The number of carbonyl (C=O) groups excluding carboxylic acids is 1. The van der Waals surface area contributed by atoms with Gasteiger partial charge >= 0.3 is 0 Å². The molecule has 0 unspecified atom stereocenters. The van der Waals surface area contributed by atoms with Gasteiger partial charge in [-0.15, -0.1) is 5.10 Å². The van der Waals surface area contributed by atoms with Gasteiger partial charge in [0.2, 0.25) is 16.0 Å². The number of pyridine rings is 1. The van der Waals surface area contributed by atoms with Crippen LogP contribution >= 0.6 is 11.3 Å². The lowest BCUT2D eigenvalue weighted by Gasteiger charge is -2.31. The molecule has 0 aliphatic carbocycles. The van der Waals surface area contributed by atoms with E-state index in [2.05, 4.69) is 25.3 Å². The third-order valence-corrected chi connectivity index (χ3v) is 5.56. The molecule has 8 nitrogen and oxygen atoms in total. The molecule has 0 saturated carbocycles. The highest BCUT2D eigenvalue weighted by atomic mass is 32.1. The Morgan fingerprint density at radius 2 is 2.30 bits per heavy atom. The molecule has 1 aliphatic heterocycles. The predicted molar refractivity (Wildman–Crippen MR) is 103 cm³/mol. The number of rotatable bonds is 4. The van der Waals surface area contributed by atoms with E-state index in [1.54, 1.807) is 13.1 Å². The lowest BCUT2D eigenvalue weighted by atomic mass is 9.97. The molecule has 4 rings (SSSR count). The van der Waals surface area contributed by atoms with Crippen LogP contribution in [0.1, 0.15) is 24.2 Å². The summed E-state index contributed by atoms with van der Waals surface area (Å²) in [5.74, 6) is -0.0847. The van der Waals surface area contributed by atoms with Gasteiger partial charge in [-0.1, -0.05) is 17.4 Å². The average Bonchev–Trinajstić information content (AvgIpc) is 3.11. The quantitative estimate of drug-likeness (QED) is 0.731. The summed E-state index contributed by atoms with van der Waals surface area (Å²) in [6.07, 6.45) is 3.46. The molecule has 27 heavy (non-hydrogen) atoms. The Labute approximate surface area is 159 Å². The molecule has 9 heteroatoms. The molecule has 4 heterocycles. The zero-order valence-electron chi connectivity index (χ0n) is 15.0. The smallest absolute Gasteiger partial charge is 0.275 e. The number of anilines is 1. The van der Waals surface area contributed by atoms with Crippen LogP contribution in [0.4, 0.5) is 5.13 Å². The number of fused-ring (bicyclic) bond motifs is 1. The minimum atomic E-state index is -0.179. The number of piperidine rings is 1. The summed E-state index contributed by atoms with van der Waals surface area (Å²) in [4.78, 5) is 35.9. The fraction of sp³-hybridized carbons (Fsp3) is 0.389. The van der Waals surface area contributed by atoms with Crippen molar-refractivity contribution >= 4 is 27.3 Å². The standard InChI is InChI=1S/C18H20N6O2S/c1-12-9-15(25)24-17(21-12)27-18(22-24)23-8-4-5-13(11-23)16(26)20-10-14-6-2-3-7-19-14/h2-3,6-7,9,13H,4-5,8,10-11H2,1H3,(H,20,26)/t13-/m0/s1. The van der Waals surface area contributed by atoms with Gasteiger partial charge in [-0.2, -0.15) is 4.52 Å². The van der Waals surface area contributed by atoms with E-state index in [1.165, 1.54) is 21.9 Å². The molecule has 0 spiro atoms. The fourth-order valence-electron chi connectivity index (χ4n) is 3.23. The third kappa shape index (κ3) is 3.82. The number of nitrogens with one attached hydrogen (secondary N) is 1. The van der Waals surface area contributed by atoms with Gasteiger partial charge in [0.05, 0.1) is 18.2 Å². The van der Waals surface area contributed by atoms with E-state index >= 15 is 0 Å². The summed E-state index contributed by atoms with van der Waals surface area (Å²) in [5.41, 5.74) is 1.34. The minimum absolute atomic E-state index is 0.0256. The van der Waals surface area contributed by atoms with Crippen molar-refractivity contribution in [2.24, 2.45) is 5.92 Å². The Kier molecular flexibility index (Phi) is 4.85. The predicted octanol–water partition coefficient (Wildman–Crippen LogP) is 1.39. The summed E-state index contributed by atoms with van der Waals surface area (Å²) in [5, 5.41) is 8.11. The first-order valence-electron chi connectivity index (χ1n) is 8.90. The molecular formula is C18H20N6O2S. The van der Waals surface area contributed by atoms with Gasteiger partial charge in [-0.3, -0.25) is 14.6 Å². The Bertz CT molecular complexity index is 1020. The SMILES string of the molecule is Cc1cc(=O)n2nc(N3CCC[C@H](C(=O)NCc4ccccn4)C3)sc2n1. The molecule has 0 radical (unpaired) electrons. The maximum Gasteiger partial charge on any atom is 0.275 e. The van der Waals surface area contributed by atoms with Crippen molar-refractivity contribution in [3.63, 3.8) is 0 Å². The molecule has 1 N–H and O–H groups in total. The van der Waals surface area contributed by atoms with Crippen LogP contribution in [-0.4, -0.2) is 38.6 Å². The number of hydrogen-bond acceptors (Lipinski definition) is 7. The molecule has 1 saturated heterocycles. The van der Waals surface area contributed by atoms with Crippen LogP contribution < -0.4 is 15.8 Å². The van der Waals surface area contributed by atoms with E-state index in [-0.39, 0.29) is 17.4 Å². The van der Waals surface area contributed by atoms with E-state index < -0.39 is 0 Å². The zero-order valence-corrected chi connectivity index (χ0v) is 15.8. The highest BCUT2D eigenvalue weighted by Crippen LogP contribution is 2.27. The maximum absolute atomic E-state index is 12.6. The van der Waals surface area contributed by atoms with Gasteiger partial charge < -0.3 is 10.2 Å². The van der Waals surface area contributed by atoms with Gasteiger partial charge in [-0.05, 0) is 31.9 Å². The summed E-state index contributed by atoms with van der Waals surface area (Å²) in [6.45, 7) is 3.62. The first-order chi connectivity index (χ1) is 13.1. The highest BCUT2D eigenvalue weighted by Gasteiger charge is 2.27. The highest BCUT2D eigenvalue weighted by molar-refractivity contribution is 7.20. The number of carbonyl (C=O) groups is 1. The molecule has 1 fully saturated rings. The normalized spacial score (nSPS) is 17.2. The Morgan fingerprint density at radius 3 is 3.11 bits per heavy atom. The van der Waals surface area contributed by atoms with Crippen molar-refractivity contribution in [3.05, 3.63) is 52.2 Å². The van der Waals surface area contributed by atoms with E-state index in [0.717, 1.165) is 30.2 Å². The summed E-state index contributed by atoms with van der Waals surface area (Å²) >= 11 is 1.38. The van der Waals surface area contributed by atoms with Gasteiger partial charge in [0.25, 0.3) is 5.56 Å². The molecular weight excluding hydrogens is 364 g/mol. The Balaban J connectivity index is 1.45. The second kappa shape index (κ2) is 7.43. The van der Waals surface area contributed by atoms with Crippen LogP contribution in [0.5, 0.6) is 0 Å². The molecule has 0 bridgehead atoms. The molecule has 140 valence electrons. The Hall–Kier alpha value is -2.81. The maximum atomic E-state index is 12.6. The van der Waals surface area contributed by atoms with Crippen molar-refractivity contribution in [1.29, 1.82) is 0 Å². The second-order valence-electron chi connectivity index (χ2n) is 6.64. The number of hydrogen-bond donors (Lipinski definition) is 1. The second-order valence-corrected chi connectivity index (χ2v) is 7.57. The van der Waals surface area contributed by atoms with E-state index in [1.807, 2.05) is 18.2 Å². The topological polar surface area (TPSA) is 92.5 Å². The van der Waals surface area contributed by atoms with Crippen LogP contribution in [0.3, 0.4) is 0 Å². The van der Waals surface area contributed by atoms with Gasteiger partial charge in [0.15, 0.2) is 0 Å². The number of aromatic nitrogens is 4. The molecule has 1 aliphatic rings. The first kappa shape index (κ1) is 17.6. The Morgan fingerprint density at radius 1 is 1.41 bits per heavy atom. The lowest BCUT2D eigenvalue weighted by Crippen LogP contribution is -2.43. The van der Waals surface area contributed by atoms with Crippen LogP contribution in [0.15, 0.2) is 35.3 Å². The fourth-order valence-corrected chi connectivity index (χ4v) is 4.22. The van der Waals surface area contributed by atoms with Crippen molar-refractivity contribution in [2.75, 3.05) is 18.0 Å². The third-order valence-electron chi connectivity index (χ3n) is 4.60. The van der Waals surface area contributed by atoms with E-state index in [0.29, 0.717) is 23.7 Å². The number of nitrogens with zero attached hydrogens (tertiary/aromatic N) is 5. The van der Waals surface area contributed by atoms with Crippen molar-refractivity contribution < 1.29 is 4.79 Å². The monoisotopic (exact) mass is 384 g/mol. The van der Waals surface area contributed by atoms with Crippen LogP contribution in [0.2, 0.25) is 0 Å². The van der Waals surface area contributed by atoms with Gasteiger partial charge in [0, 0.05) is 31.0 Å². The lowest BCUT2D eigenvalue weighted by molar-refractivity contribution is -0.125. The largest absolute Gasteiger partial charge is 0.350 e. The van der Waals surface area contributed by atoms with Crippen LogP contribution in [-0.2, 0) is 11.3 Å². The molecule has 1 amide bonds. The summed E-state index contributed by atoms with van der Waals surface area (Å²) in [6, 6.07) is 7.12. The number of amides is 1. The van der Waals surface area contributed by atoms with E-state index in [4.69, 9.17) is 0 Å². The van der Waals surface area contributed by atoms with Crippen LogP contribution in [0.25, 0.3) is 4.96 Å². The van der Waals surface area contributed by atoms with Gasteiger partial charge in [-0.25, -0.2) is 4.98 Å². The summed E-state index contributed by atoms with van der Waals surface area (Å²) in [7, 11) is 0. The first-order valence-corrected chi connectivity index (χ1v) is 9.72. The van der Waals surface area contributed by atoms with Crippen molar-refractivity contribution in [1.82, 2.24) is 24.9 Å². The van der Waals surface area contributed by atoms with Gasteiger partial charge in [0.1, 0.15) is 0 Å². The minimum Gasteiger partial charge on any atom is -0.350 e. The zero-order chi connectivity index (χ0) is 18.8. The molecule has 3 aromatic heterocycles. The molecule has 1 atom stereocenters. The molecule has 0 aromatic carbocycles. The number of aryl methyl sites for hydroxylation is 1. The van der Waals surface area contributed by atoms with E-state index in [9.17, 15) is 9.59 Å². The van der Waals surface area contributed by atoms with Crippen molar-refractivity contribution in [3.8, 4) is 0 Å².